The van der Waals surface area contributed by atoms with E-state index in [9.17, 15) is 4.79 Å². The zero-order chi connectivity index (χ0) is 13.1. The summed E-state index contributed by atoms with van der Waals surface area (Å²) in [5.74, 6) is 0.208. The van der Waals surface area contributed by atoms with Crippen molar-refractivity contribution in [2.75, 3.05) is 40.3 Å². The van der Waals surface area contributed by atoms with Crippen LogP contribution in [0, 0.1) is 0 Å². The highest BCUT2D eigenvalue weighted by molar-refractivity contribution is 5.85. The Balaban J connectivity index is 0.00000180. The lowest BCUT2D eigenvalue weighted by atomic mass is 10.0. The zero-order valence-electron chi connectivity index (χ0n) is 12.5. The summed E-state index contributed by atoms with van der Waals surface area (Å²) in [5, 5.41) is 3.27. The fourth-order valence-electron chi connectivity index (χ4n) is 2.81. The minimum absolute atomic E-state index is 0. The Hall–Kier alpha value is -0.0700. The molecule has 2 heterocycles. The van der Waals surface area contributed by atoms with Crippen molar-refractivity contribution in [2.24, 2.45) is 0 Å². The van der Waals surface area contributed by atoms with Gasteiger partial charge < -0.3 is 19.9 Å². The van der Waals surface area contributed by atoms with Crippen molar-refractivity contribution in [3.05, 3.63) is 0 Å². The van der Waals surface area contributed by atoms with E-state index in [0.717, 1.165) is 32.5 Å². The van der Waals surface area contributed by atoms with Crippen LogP contribution >= 0.6 is 24.8 Å². The van der Waals surface area contributed by atoms with Gasteiger partial charge in [-0.3, -0.25) is 4.79 Å². The molecule has 2 rings (SSSR count). The van der Waals surface area contributed by atoms with Gasteiger partial charge in [-0.15, -0.1) is 24.8 Å². The Kier molecular flexibility index (Phi) is 9.02. The number of amides is 1. The predicted molar refractivity (Wildman–Crippen MR) is 85.0 cm³/mol. The van der Waals surface area contributed by atoms with Crippen LogP contribution in [-0.4, -0.2) is 74.2 Å². The zero-order valence-corrected chi connectivity index (χ0v) is 14.1. The van der Waals surface area contributed by atoms with E-state index in [4.69, 9.17) is 4.74 Å². The fourth-order valence-corrected chi connectivity index (χ4v) is 2.81. The molecule has 2 aliphatic heterocycles. The normalized spacial score (nSPS) is 27.7. The van der Waals surface area contributed by atoms with Crippen LogP contribution in [0.3, 0.4) is 0 Å². The minimum atomic E-state index is -0.158. The predicted octanol–water partition coefficient (Wildman–Crippen LogP) is 0.759. The van der Waals surface area contributed by atoms with Gasteiger partial charge in [0.05, 0.1) is 12.7 Å². The van der Waals surface area contributed by atoms with E-state index < -0.39 is 0 Å². The molecule has 0 aliphatic carbocycles. The highest BCUT2D eigenvalue weighted by Crippen LogP contribution is 2.16. The summed E-state index contributed by atoms with van der Waals surface area (Å²) in [7, 11) is 4.22. The SMILES string of the molecule is C[C@H]1OCCN[C@@H]1C(=O)N1CCC(N(C)C)CC1.Cl.Cl. The van der Waals surface area contributed by atoms with E-state index in [1.807, 2.05) is 11.8 Å². The molecule has 0 radical (unpaired) electrons. The van der Waals surface area contributed by atoms with Crippen LogP contribution in [0.15, 0.2) is 0 Å². The number of nitrogens with zero attached hydrogens (tertiary/aromatic N) is 2. The maximum atomic E-state index is 12.4. The first-order valence-electron chi connectivity index (χ1n) is 6.90. The number of piperidine rings is 1. The summed E-state index contributed by atoms with van der Waals surface area (Å²) in [6.07, 6.45) is 2.12. The van der Waals surface area contributed by atoms with Gasteiger partial charge in [0, 0.05) is 25.7 Å². The molecule has 0 unspecified atom stereocenters. The van der Waals surface area contributed by atoms with Gasteiger partial charge in [-0.25, -0.2) is 0 Å². The lowest BCUT2D eigenvalue weighted by molar-refractivity contribution is -0.140. The van der Waals surface area contributed by atoms with Crippen LogP contribution in [0.5, 0.6) is 0 Å². The number of carbonyl (C=O) groups excluding carboxylic acids is 1. The Morgan fingerprint density at radius 3 is 2.35 bits per heavy atom. The number of hydrogen-bond acceptors (Lipinski definition) is 4. The molecular weight excluding hydrogens is 301 g/mol. The Labute approximate surface area is 134 Å². The first-order valence-corrected chi connectivity index (χ1v) is 6.90. The molecule has 7 heteroatoms. The Morgan fingerprint density at radius 2 is 1.85 bits per heavy atom. The van der Waals surface area contributed by atoms with Gasteiger partial charge in [0.25, 0.3) is 0 Å². The Morgan fingerprint density at radius 1 is 1.25 bits per heavy atom. The van der Waals surface area contributed by atoms with Crippen LogP contribution in [0.4, 0.5) is 0 Å². The number of nitrogens with one attached hydrogen (secondary N) is 1. The van der Waals surface area contributed by atoms with E-state index in [1.165, 1.54) is 0 Å². The van der Waals surface area contributed by atoms with Crippen molar-refractivity contribution in [2.45, 2.75) is 38.0 Å². The standard InChI is InChI=1S/C13H25N3O2.2ClH/c1-10-12(14-6-9-18-10)13(17)16-7-4-11(5-8-16)15(2)3;;/h10-12,14H,4-9H2,1-3H3;2*1H/t10-,12+;;/m1../s1. The molecule has 20 heavy (non-hydrogen) atoms. The van der Waals surface area contributed by atoms with Gasteiger partial charge in [-0.1, -0.05) is 0 Å². The third kappa shape index (κ3) is 4.74. The molecule has 0 bridgehead atoms. The average Bonchev–Trinajstić information content (AvgIpc) is 2.38. The van der Waals surface area contributed by atoms with Crippen molar-refractivity contribution in [3.8, 4) is 0 Å². The first kappa shape index (κ1) is 19.9. The van der Waals surface area contributed by atoms with Gasteiger partial charge >= 0.3 is 0 Å². The molecule has 2 fully saturated rings. The van der Waals surface area contributed by atoms with Crippen LogP contribution in [0.25, 0.3) is 0 Å². The maximum Gasteiger partial charge on any atom is 0.242 e. The van der Waals surface area contributed by atoms with E-state index >= 15 is 0 Å². The Bertz CT molecular complexity index is 297. The highest BCUT2D eigenvalue weighted by atomic mass is 35.5. The van der Waals surface area contributed by atoms with Gasteiger partial charge in [0.1, 0.15) is 6.04 Å². The maximum absolute atomic E-state index is 12.4. The number of halogens is 2. The smallest absolute Gasteiger partial charge is 0.242 e. The van der Waals surface area contributed by atoms with E-state index in [-0.39, 0.29) is 42.9 Å². The first-order chi connectivity index (χ1) is 8.59. The molecule has 5 nitrogen and oxygen atoms in total. The number of ether oxygens (including phenoxy) is 1. The number of morpholine rings is 1. The lowest BCUT2D eigenvalue weighted by Crippen LogP contribution is -2.58. The van der Waals surface area contributed by atoms with Crippen molar-refractivity contribution < 1.29 is 9.53 Å². The topological polar surface area (TPSA) is 44.8 Å². The van der Waals surface area contributed by atoms with Crippen molar-refractivity contribution in [1.29, 1.82) is 0 Å². The van der Waals surface area contributed by atoms with E-state index in [2.05, 4.69) is 24.3 Å². The van der Waals surface area contributed by atoms with Gasteiger partial charge in [0.15, 0.2) is 0 Å². The van der Waals surface area contributed by atoms with Crippen molar-refractivity contribution >= 4 is 30.7 Å². The molecule has 0 saturated carbocycles. The molecule has 0 aromatic carbocycles. The molecule has 2 saturated heterocycles. The second kappa shape index (κ2) is 9.05. The molecule has 2 atom stereocenters. The third-order valence-electron chi connectivity index (χ3n) is 4.09. The van der Waals surface area contributed by atoms with Gasteiger partial charge in [-0.05, 0) is 33.9 Å². The summed E-state index contributed by atoms with van der Waals surface area (Å²) in [6, 6.07) is 0.455. The van der Waals surface area contributed by atoms with Crippen LogP contribution in [0.2, 0.25) is 0 Å². The van der Waals surface area contributed by atoms with Crippen LogP contribution in [0.1, 0.15) is 19.8 Å². The van der Waals surface area contributed by atoms with Crippen LogP contribution in [-0.2, 0) is 9.53 Å². The summed E-state index contributed by atoms with van der Waals surface area (Å²) in [4.78, 5) is 16.7. The highest BCUT2D eigenvalue weighted by Gasteiger charge is 2.33. The van der Waals surface area contributed by atoms with E-state index in [0.29, 0.717) is 12.6 Å². The molecule has 1 N–H and O–H groups in total. The largest absolute Gasteiger partial charge is 0.375 e. The summed E-state index contributed by atoms with van der Waals surface area (Å²) >= 11 is 0. The molecule has 0 aromatic rings. The quantitative estimate of drug-likeness (QED) is 0.813. The summed E-state index contributed by atoms with van der Waals surface area (Å²) < 4.78 is 5.54. The molecule has 120 valence electrons. The average molecular weight is 328 g/mol. The molecule has 1 amide bonds. The minimum Gasteiger partial charge on any atom is -0.375 e. The lowest BCUT2D eigenvalue weighted by Gasteiger charge is -2.39. The van der Waals surface area contributed by atoms with Gasteiger partial charge in [0.2, 0.25) is 5.91 Å². The second-order valence-corrected chi connectivity index (χ2v) is 5.53. The number of hydrogen-bond donors (Lipinski definition) is 1. The van der Waals surface area contributed by atoms with Crippen LogP contribution < -0.4 is 5.32 Å². The van der Waals surface area contributed by atoms with Gasteiger partial charge in [-0.2, -0.15) is 0 Å². The molecule has 2 aliphatic rings. The monoisotopic (exact) mass is 327 g/mol. The number of carbonyl (C=O) groups is 1. The summed E-state index contributed by atoms with van der Waals surface area (Å²) in [6.45, 7) is 5.18. The third-order valence-corrected chi connectivity index (χ3v) is 4.09. The fraction of sp³-hybridized carbons (Fsp3) is 0.923. The number of rotatable bonds is 2. The molecule has 0 spiro atoms. The summed E-state index contributed by atoms with van der Waals surface area (Å²) in [5.41, 5.74) is 0. The van der Waals surface area contributed by atoms with Crippen molar-refractivity contribution in [1.82, 2.24) is 15.1 Å². The molecular formula is C13H27Cl2N3O2. The number of likely N-dealkylation sites (tertiary alicyclic amines) is 1. The van der Waals surface area contributed by atoms with Crippen molar-refractivity contribution in [3.63, 3.8) is 0 Å². The van der Waals surface area contributed by atoms with E-state index in [1.54, 1.807) is 0 Å². The second-order valence-electron chi connectivity index (χ2n) is 5.53. The molecule has 0 aromatic heterocycles.